The molecule has 147 valence electrons. The van der Waals surface area contributed by atoms with Gasteiger partial charge in [0, 0.05) is 16.5 Å². The second-order valence-corrected chi connectivity index (χ2v) is 6.30. The molecular weight excluding hydrogens is 467 g/mol. The molecule has 5 rings (SSSR count). The summed E-state index contributed by atoms with van der Waals surface area (Å²) in [6, 6.07) is 32.9. The summed E-state index contributed by atoms with van der Waals surface area (Å²) in [4.78, 5) is 9.92. The van der Waals surface area contributed by atoms with E-state index in [0.717, 1.165) is 33.9 Å². The minimum Gasteiger partial charge on any atom is -0.246 e. The van der Waals surface area contributed by atoms with Crippen LogP contribution in [0.1, 0.15) is 11.1 Å². The molecule has 0 atom stereocenters. The Morgan fingerprint density at radius 3 is 1.34 bits per heavy atom. The third-order valence-electron chi connectivity index (χ3n) is 4.63. The molecule has 0 saturated heterocycles. The summed E-state index contributed by atoms with van der Waals surface area (Å²) in [5.74, 6) is 0. The minimum absolute atomic E-state index is 0. The number of hydrogen-bond donors (Lipinski definition) is 0. The van der Waals surface area contributed by atoms with Gasteiger partial charge in [0.15, 0.2) is 0 Å². The quantitative estimate of drug-likeness (QED) is 0.209. The molecule has 0 saturated carbocycles. The van der Waals surface area contributed by atoms with E-state index in [1.54, 1.807) is 0 Å². The predicted octanol–water partition coefficient (Wildman–Crippen LogP) is 7.39. The van der Waals surface area contributed by atoms with Gasteiger partial charge in [0.1, 0.15) is 0 Å². The van der Waals surface area contributed by atoms with Crippen LogP contribution in [0.15, 0.2) is 107 Å². The van der Waals surface area contributed by atoms with Crippen LogP contribution in [-0.2, 0) is 13.7 Å². The number of benzene rings is 4. The van der Waals surface area contributed by atoms with Crippen LogP contribution in [0.3, 0.4) is 0 Å². The molecule has 4 aromatic rings. The van der Waals surface area contributed by atoms with E-state index in [-0.39, 0.29) is 7.43 Å². The molecule has 0 radical (unpaired) electrons. The molecule has 4 aromatic carbocycles. The van der Waals surface area contributed by atoms with Crippen molar-refractivity contribution in [3.8, 4) is 0 Å². The zero-order valence-corrected chi connectivity index (χ0v) is 18.4. The summed E-state index contributed by atoms with van der Waals surface area (Å²) in [5, 5.41) is 2.46. The first-order valence-corrected chi connectivity index (χ1v) is 11.3. The van der Waals surface area contributed by atoms with Crippen molar-refractivity contribution in [1.82, 2.24) is 0 Å². The van der Waals surface area contributed by atoms with Crippen molar-refractivity contribution in [2.24, 2.45) is 9.98 Å². The van der Waals surface area contributed by atoms with Gasteiger partial charge in [-0.1, -0.05) is 72.8 Å². The topological polar surface area (TPSA) is 24.7 Å². The fourth-order valence-electron chi connectivity index (χ4n) is 3.48. The number of halogens is 1. The number of para-hydroxylation sites is 2. The molecular formula is C25H19BrN2Ni-. The molecule has 1 aliphatic carbocycles. The Kier molecular flexibility index (Phi) is 7.14. The summed E-state index contributed by atoms with van der Waals surface area (Å²) < 4.78 is 0. The van der Waals surface area contributed by atoms with Crippen LogP contribution in [0.2, 0.25) is 0 Å². The average molecular weight is 486 g/mol. The van der Waals surface area contributed by atoms with Gasteiger partial charge >= 0.3 is 27.9 Å². The standard InChI is InChI=1S/C24H16N2.CH3.BrH.Ni/c1-3-11-18(12-4-1)25-23-20-15-7-9-17-10-8-16-21(22(17)20)24(23)26-19-13-5-2-6-14-19;;;/h1-16H;1H3;1H;/q;-1;;+1/p-1. The van der Waals surface area contributed by atoms with Crippen molar-refractivity contribution in [1.29, 1.82) is 0 Å². The van der Waals surface area contributed by atoms with Crippen molar-refractivity contribution in [2.75, 3.05) is 0 Å². The predicted molar refractivity (Wildman–Crippen MR) is 125 cm³/mol. The first kappa shape index (κ1) is 21.2. The Bertz CT molecular complexity index is 1080. The Balaban J connectivity index is 0.000000778. The van der Waals surface area contributed by atoms with Crippen molar-refractivity contribution in [2.45, 2.75) is 0 Å². The van der Waals surface area contributed by atoms with Crippen molar-refractivity contribution in [3.05, 3.63) is 116 Å². The summed E-state index contributed by atoms with van der Waals surface area (Å²) in [5.41, 5.74) is 6.05. The van der Waals surface area contributed by atoms with Crippen LogP contribution >= 0.6 is 14.2 Å². The molecule has 0 unspecified atom stereocenters. The van der Waals surface area contributed by atoms with E-state index in [4.69, 9.17) is 9.98 Å². The van der Waals surface area contributed by atoms with Gasteiger partial charge in [0.2, 0.25) is 0 Å². The third kappa shape index (κ3) is 4.24. The van der Waals surface area contributed by atoms with Gasteiger partial charge in [-0.2, -0.15) is 0 Å². The van der Waals surface area contributed by atoms with E-state index >= 15 is 0 Å². The van der Waals surface area contributed by atoms with E-state index in [9.17, 15) is 0 Å². The minimum atomic E-state index is 0. The zero-order valence-electron chi connectivity index (χ0n) is 15.8. The van der Waals surface area contributed by atoms with E-state index < -0.39 is 0 Å². The van der Waals surface area contributed by atoms with E-state index in [0.29, 0.717) is 0 Å². The maximum Gasteiger partial charge on any atom is 0.0978 e. The molecule has 0 fully saturated rings. The van der Waals surface area contributed by atoms with Gasteiger partial charge in [-0.25, -0.2) is 9.98 Å². The molecule has 2 nitrogen and oxygen atoms in total. The van der Waals surface area contributed by atoms with Crippen molar-refractivity contribution in [3.63, 3.8) is 0 Å². The zero-order chi connectivity index (χ0) is 19.3. The molecule has 1 aliphatic rings. The van der Waals surface area contributed by atoms with Gasteiger partial charge < -0.3 is 7.43 Å². The molecule has 0 aliphatic heterocycles. The second-order valence-electron chi connectivity index (χ2n) is 6.30. The van der Waals surface area contributed by atoms with E-state index in [2.05, 4.69) is 64.3 Å². The Morgan fingerprint density at radius 2 is 0.931 bits per heavy atom. The molecule has 29 heavy (non-hydrogen) atoms. The second kappa shape index (κ2) is 9.78. The Morgan fingerprint density at radius 1 is 0.517 bits per heavy atom. The van der Waals surface area contributed by atoms with Crippen LogP contribution in [0.25, 0.3) is 10.8 Å². The van der Waals surface area contributed by atoms with Gasteiger partial charge in [-0.05, 0) is 29.7 Å². The number of rotatable bonds is 2. The number of hydrogen-bond acceptors (Lipinski definition) is 2. The molecule has 0 aromatic heterocycles. The van der Waals surface area contributed by atoms with Gasteiger partial charge in [0.25, 0.3) is 0 Å². The first-order chi connectivity index (χ1) is 13.9. The fourth-order valence-corrected chi connectivity index (χ4v) is 3.48. The molecule has 0 bridgehead atoms. The molecule has 0 heterocycles. The largest absolute Gasteiger partial charge is 0.246 e. The van der Waals surface area contributed by atoms with Crippen LogP contribution < -0.4 is 0 Å². The van der Waals surface area contributed by atoms with Crippen LogP contribution in [0, 0.1) is 7.43 Å². The van der Waals surface area contributed by atoms with E-state index in [1.807, 2.05) is 60.7 Å². The molecule has 0 spiro atoms. The summed E-state index contributed by atoms with van der Waals surface area (Å²) in [6.45, 7) is 0. The molecule has 4 heteroatoms. The smallest absolute Gasteiger partial charge is 0.0978 e. The van der Waals surface area contributed by atoms with Crippen molar-refractivity contribution >= 4 is 47.8 Å². The SMILES string of the molecule is [CH3-].[Ni][Br].c1ccc(N=C2C(=Nc3ccccc3)c3cccc4cccc2c34)cc1. The van der Waals surface area contributed by atoms with Gasteiger partial charge in [-0.15, -0.1) is 0 Å². The first-order valence-electron chi connectivity index (χ1n) is 8.82. The van der Waals surface area contributed by atoms with Gasteiger partial charge in [-0.3, -0.25) is 0 Å². The monoisotopic (exact) mass is 484 g/mol. The fraction of sp³-hybridized carbons (Fsp3) is 0. The summed E-state index contributed by atoms with van der Waals surface area (Å²) in [6.07, 6.45) is 0. The van der Waals surface area contributed by atoms with Crippen LogP contribution in [0.4, 0.5) is 11.4 Å². The van der Waals surface area contributed by atoms with Crippen molar-refractivity contribution < 1.29 is 13.7 Å². The average Bonchev–Trinajstić information content (AvgIpc) is 3.06. The van der Waals surface area contributed by atoms with Crippen LogP contribution in [0.5, 0.6) is 0 Å². The number of aliphatic imine (C=N–C) groups is 2. The molecule has 0 amide bonds. The van der Waals surface area contributed by atoms with Gasteiger partial charge in [0.05, 0.1) is 22.8 Å². The maximum absolute atomic E-state index is 4.96. The summed E-state index contributed by atoms with van der Waals surface area (Å²) in [7, 11) is 0. The maximum atomic E-state index is 4.96. The summed E-state index contributed by atoms with van der Waals surface area (Å²) >= 11 is 6.25. The molecule has 0 N–H and O–H groups in total. The normalized spacial score (nSPS) is 14.4. The number of nitrogens with zero attached hydrogens (tertiary/aromatic N) is 2. The van der Waals surface area contributed by atoms with Crippen LogP contribution in [-0.4, -0.2) is 11.4 Å². The van der Waals surface area contributed by atoms with E-state index in [1.165, 1.54) is 10.8 Å². The third-order valence-corrected chi connectivity index (χ3v) is 4.63. The Labute approximate surface area is 186 Å². The Hall–Kier alpha value is -2.55.